The Bertz CT molecular complexity index is 1270. The van der Waals surface area contributed by atoms with Gasteiger partial charge in [0.2, 0.25) is 5.91 Å². The van der Waals surface area contributed by atoms with Gasteiger partial charge in [-0.15, -0.1) is 0 Å². The molecular formula is C28H33N3O6. The van der Waals surface area contributed by atoms with Crippen LogP contribution in [0.2, 0.25) is 0 Å². The number of anilines is 1. The number of nitrogens with one attached hydrogen (secondary N) is 2. The fraction of sp³-hybridized carbons (Fsp3) is 0.321. The zero-order chi connectivity index (χ0) is 27.1. The molecule has 196 valence electrons. The Morgan fingerprint density at radius 3 is 2.32 bits per heavy atom. The van der Waals surface area contributed by atoms with Gasteiger partial charge < -0.3 is 31.3 Å². The average molecular weight is 508 g/mol. The number of carbonyl (C=O) groups excluding carboxylic acids is 2. The molecule has 3 aromatic carbocycles. The van der Waals surface area contributed by atoms with Gasteiger partial charge in [0, 0.05) is 12.0 Å². The summed E-state index contributed by atoms with van der Waals surface area (Å²) in [6.07, 6.45) is -0.950. The lowest BCUT2D eigenvalue weighted by atomic mass is 10.0. The van der Waals surface area contributed by atoms with Crippen LogP contribution < -0.4 is 21.1 Å². The van der Waals surface area contributed by atoms with Crippen LogP contribution >= 0.6 is 0 Å². The predicted molar refractivity (Wildman–Crippen MR) is 142 cm³/mol. The number of amides is 2. The molecule has 0 aliphatic carbocycles. The summed E-state index contributed by atoms with van der Waals surface area (Å²) in [6.45, 7) is 5.62. The highest BCUT2D eigenvalue weighted by Crippen LogP contribution is 2.27. The molecule has 3 aromatic rings. The van der Waals surface area contributed by atoms with Gasteiger partial charge in [-0.1, -0.05) is 56.3 Å². The van der Waals surface area contributed by atoms with Crippen LogP contribution in [-0.2, 0) is 16.0 Å². The summed E-state index contributed by atoms with van der Waals surface area (Å²) in [7, 11) is 0. The first-order valence-electron chi connectivity index (χ1n) is 12.1. The van der Waals surface area contributed by atoms with Gasteiger partial charge in [-0.3, -0.25) is 9.59 Å². The predicted octanol–water partition coefficient (Wildman–Crippen LogP) is 2.95. The lowest BCUT2D eigenvalue weighted by Gasteiger charge is -2.19. The molecule has 0 heterocycles. The Morgan fingerprint density at radius 1 is 0.973 bits per heavy atom. The van der Waals surface area contributed by atoms with Crippen molar-refractivity contribution in [2.45, 2.75) is 45.4 Å². The molecule has 9 heteroatoms. The summed E-state index contributed by atoms with van der Waals surface area (Å²) < 4.78 is 5.81. The normalized spacial score (nSPS) is 13.6. The number of nitrogens with two attached hydrogens (primary N) is 1. The maximum Gasteiger partial charge on any atom is 0.326 e. The van der Waals surface area contributed by atoms with Crippen LogP contribution in [0.15, 0.2) is 60.7 Å². The number of hydrogen-bond acceptors (Lipinski definition) is 6. The lowest BCUT2D eigenvalue weighted by Crippen LogP contribution is -2.43. The first-order chi connectivity index (χ1) is 17.5. The third-order valence-electron chi connectivity index (χ3n) is 5.75. The van der Waals surface area contributed by atoms with Crippen LogP contribution in [0.5, 0.6) is 5.75 Å². The summed E-state index contributed by atoms with van der Waals surface area (Å²) in [5.74, 6) is -1.97. The molecule has 0 unspecified atom stereocenters. The van der Waals surface area contributed by atoms with Gasteiger partial charge in [0.25, 0.3) is 5.91 Å². The van der Waals surface area contributed by atoms with E-state index in [-0.39, 0.29) is 29.3 Å². The van der Waals surface area contributed by atoms with Crippen molar-refractivity contribution in [3.63, 3.8) is 0 Å². The van der Waals surface area contributed by atoms with E-state index in [0.717, 1.165) is 16.3 Å². The van der Waals surface area contributed by atoms with Crippen LogP contribution in [0.1, 0.15) is 36.7 Å². The van der Waals surface area contributed by atoms with E-state index in [9.17, 15) is 24.6 Å². The van der Waals surface area contributed by atoms with Crippen molar-refractivity contribution in [2.24, 2.45) is 11.7 Å². The molecule has 0 saturated carbocycles. The number of aliphatic hydroxyl groups is 1. The highest BCUT2D eigenvalue weighted by atomic mass is 16.5. The second kappa shape index (κ2) is 12.3. The first kappa shape index (κ1) is 27.6. The Hall–Kier alpha value is -3.95. The molecule has 9 nitrogen and oxygen atoms in total. The van der Waals surface area contributed by atoms with E-state index in [2.05, 4.69) is 10.6 Å². The highest BCUT2D eigenvalue weighted by Gasteiger charge is 2.24. The van der Waals surface area contributed by atoms with E-state index in [4.69, 9.17) is 10.5 Å². The van der Waals surface area contributed by atoms with Gasteiger partial charge in [0.15, 0.2) is 0 Å². The van der Waals surface area contributed by atoms with Crippen LogP contribution in [0.4, 0.5) is 5.69 Å². The van der Waals surface area contributed by atoms with Gasteiger partial charge in [0.1, 0.15) is 17.8 Å². The topological polar surface area (TPSA) is 151 Å². The summed E-state index contributed by atoms with van der Waals surface area (Å²) >= 11 is 0. The van der Waals surface area contributed by atoms with Crippen molar-refractivity contribution in [1.29, 1.82) is 0 Å². The number of benzene rings is 3. The minimum atomic E-state index is -1.16. The molecule has 0 saturated heterocycles. The second-order valence-electron chi connectivity index (χ2n) is 9.42. The molecular weight excluding hydrogens is 474 g/mol. The van der Waals surface area contributed by atoms with Crippen molar-refractivity contribution < 1.29 is 29.3 Å². The molecule has 0 bridgehead atoms. The molecule has 3 rings (SSSR count). The number of hydrogen-bond donors (Lipinski definition) is 5. The third kappa shape index (κ3) is 7.52. The number of ether oxygens (including phenoxy) is 1. The van der Waals surface area contributed by atoms with Gasteiger partial charge in [-0.05, 0) is 47.4 Å². The van der Waals surface area contributed by atoms with Crippen LogP contribution in [0, 0.1) is 5.92 Å². The van der Waals surface area contributed by atoms with Crippen molar-refractivity contribution in [3.05, 3.63) is 71.8 Å². The number of carboxylic acids is 1. The Balaban J connectivity index is 1.80. The smallest absolute Gasteiger partial charge is 0.326 e. The van der Waals surface area contributed by atoms with Crippen LogP contribution in [-0.4, -0.2) is 52.8 Å². The van der Waals surface area contributed by atoms with E-state index < -0.39 is 36.0 Å². The summed E-state index contributed by atoms with van der Waals surface area (Å²) in [6, 6.07) is 15.5. The Kier molecular flexibility index (Phi) is 9.21. The van der Waals surface area contributed by atoms with Gasteiger partial charge >= 0.3 is 5.97 Å². The molecule has 0 spiro atoms. The summed E-state index contributed by atoms with van der Waals surface area (Å²) in [4.78, 5) is 37.3. The van der Waals surface area contributed by atoms with Crippen LogP contribution in [0.25, 0.3) is 10.8 Å². The minimum absolute atomic E-state index is 0.105. The minimum Gasteiger partial charge on any atom is -0.491 e. The van der Waals surface area contributed by atoms with Crippen molar-refractivity contribution >= 4 is 34.2 Å². The largest absolute Gasteiger partial charge is 0.491 e. The highest BCUT2D eigenvalue weighted by molar-refractivity contribution is 6.00. The number of carboxylic acid groups (broad SMARTS) is 1. The standard InChI is InChI=1S/C28H33N3O6/c1-16(2)15-37-24-14-21(10-11-22(24)30-27(34)25(29)17(3)32)26(33)31-23(28(35)36)13-18-8-9-19-6-4-5-7-20(19)12-18/h4-12,14,16-17,23,25,32H,13,15,29H2,1-3H3,(H,30,34)(H,31,33)(H,35,36)/t17-,23+,25+/m1/s1. The SMILES string of the molecule is CC(C)COc1cc(C(=O)N[C@@H](Cc2ccc3ccccc3c2)C(=O)O)ccc1NC(=O)[C@@H](N)[C@@H](C)O. The molecule has 0 aliphatic heterocycles. The molecule has 0 aromatic heterocycles. The third-order valence-corrected chi connectivity index (χ3v) is 5.75. The monoisotopic (exact) mass is 507 g/mol. The zero-order valence-corrected chi connectivity index (χ0v) is 21.1. The summed E-state index contributed by atoms with van der Waals surface area (Å²) in [5, 5.41) is 26.6. The molecule has 2 amide bonds. The lowest BCUT2D eigenvalue weighted by molar-refractivity contribution is -0.139. The van der Waals surface area contributed by atoms with E-state index in [1.54, 1.807) is 0 Å². The number of aliphatic hydroxyl groups excluding tert-OH is 1. The van der Waals surface area contributed by atoms with Crippen LogP contribution in [0.3, 0.4) is 0 Å². The van der Waals surface area contributed by atoms with E-state index in [0.29, 0.717) is 6.61 Å². The van der Waals surface area contributed by atoms with E-state index in [1.807, 2.05) is 56.3 Å². The fourth-order valence-electron chi connectivity index (χ4n) is 3.62. The molecule has 0 fully saturated rings. The van der Waals surface area contributed by atoms with Crippen molar-refractivity contribution in [1.82, 2.24) is 5.32 Å². The average Bonchev–Trinajstić information content (AvgIpc) is 2.86. The van der Waals surface area contributed by atoms with E-state index >= 15 is 0 Å². The maximum absolute atomic E-state index is 13.0. The Labute approximate surface area is 215 Å². The molecule has 37 heavy (non-hydrogen) atoms. The summed E-state index contributed by atoms with van der Waals surface area (Å²) in [5.41, 5.74) is 6.94. The number of fused-ring (bicyclic) bond motifs is 1. The number of aliphatic carboxylic acids is 1. The first-order valence-corrected chi connectivity index (χ1v) is 12.1. The quantitative estimate of drug-likeness (QED) is 0.268. The fourth-order valence-corrected chi connectivity index (χ4v) is 3.62. The molecule has 0 aliphatic rings. The van der Waals surface area contributed by atoms with Gasteiger partial charge in [-0.2, -0.15) is 0 Å². The van der Waals surface area contributed by atoms with Crippen molar-refractivity contribution in [3.8, 4) is 5.75 Å². The molecule has 3 atom stereocenters. The van der Waals surface area contributed by atoms with Gasteiger partial charge in [0.05, 0.1) is 18.4 Å². The molecule has 6 N–H and O–H groups in total. The zero-order valence-electron chi connectivity index (χ0n) is 21.1. The second-order valence-corrected chi connectivity index (χ2v) is 9.42. The van der Waals surface area contributed by atoms with E-state index in [1.165, 1.54) is 25.1 Å². The Morgan fingerprint density at radius 2 is 1.68 bits per heavy atom. The number of rotatable bonds is 11. The number of carbonyl (C=O) groups is 3. The van der Waals surface area contributed by atoms with Gasteiger partial charge in [-0.25, -0.2) is 4.79 Å². The molecule has 0 radical (unpaired) electrons. The maximum atomic E-state index is 13.0. The van der Waals surface area contributed by atoms with Crippen molar-refractivity contribution in [2.75, 3.05) is 11.9 Å².